The maximum atomic E-state index is 11.6. The Morgan fingerprint density at radius 3 is 3.06 bits per heavy atom. The first kappa shape index (κ1) is 13.1. The van der Waals surface area contributed by atoms with E-state index in [0.29, 0.717) is 18.2 Å². The zero-order chi connectivity index (χ0) is 12.8. The van der Waals surface area contributed by atoms with Gasteiger partial charge in [-0.3, -0.25) is 0 Å². The lowest BCUT2D eigenvalue weighted by Gasteiger charge is -2.23. The topological polar surface area (TPSA) is 47.6 Å². The standard InChI is InChI=1S/C14H19NO3/c1-17-14(16)13-7-3-2-5-11(13)9-15-12-6-4-8-18-10-12/h2-3,5,7,12,15H,4,6,8-10H2,1H3. The van der Waals surface area contributed by atoms with E-state index in [4.69, 9.17) is 9.47 Å². The van der Waals surface area contributed by atoms with Crippen molar-refractivity contribution in [1.29, 1.82) is 0 Å². The number of methoxy groups -OCH3 is 1. The summed E-state index contributed by atoms with van der Waals surface area (Å²) in [6.45, 7) is 2.27. The smallest absolute Gasteiger partial charge is 0.338 e. The second-order valence-electron chi connectivity index (χ2n) is 4.44. The molecule has 1 fully saturated rings. The summed E-state index contributed by atoms with van der Waals surface area (Å²) in [6.07, 6.45) is 2.22. The Bertz CT molecular complexity index is 400. The van der Waals surface area contributed by atoms with Crippen LogP contribution in [0.25, 0.3) is 0 Å². The van der Waals surface area contributed by atoms with Crippen LogP contribution in [0.15, 0.2) is 24.3 Å². The van der Waals surface area contributed by atoms with Crippen LogP contribution >= 0.6 is 0 Å². The van der Waals surface area contributed by atoms with Crippen molar-refractivity contribution in [3.63, 3.8) is 0 Å². The molecule has 0 saturated carbocycles. The molecule has 1 aliphatic rings. The van der Waals surface area contributed by atoms with Crippen LogP contribution in [-0.4, -0.2) is 32.3 Å². The number of esters is 1. The molecule has 1 aromatic rings. The molecule has 1 saturated heterocycles. The highest BCUT2D eigenvalue weighted by Crippen LogP contribution is 2.12. The molecule has 2 rings (SSSR count). The summed E-state index contributed by atoms with van der Waals surface area (Å²) < 4.78 is 10.2. The number of rotatable bonds is 4. The van der Waals surface area contributed by atoms with Crippen LogP contribution in [0.1, 0.15) is 28.8 Å². The second kappa shape index (κ2) is 6.52. The van der Waals surface area contributed by atoms with Gasteiger partial charge in [0.05, 0.1) is 19.3 Å². The largest absolute Gasteiger partial charge is 0.465 e. The van der Waals surface area contributed by atoms with Gasteiger partial charge in [-0.2, -0.15) is 0 Å². The van der Waals surface area contributed by atoms with Crippen molar-refractivity contribution < 1.29 is 14.3 Å². The Hall–Kier alpha value is -1.39. The maximum Gasteiger partial charge on any atom is 0.338 e. The van der Waals surface area contributed by atoms with E-state index in [-0.39, 0.29) is 5.97 Å². The monoisotopic (exact) mass is 249 g/mol. The van der Waals surface area contributed by atoms with E-state index in [1.165, 1.54) is 7.11 Å². The van der Waals surface area contributed by atoms with E-state index in [1.54, 1.807) is 6.07 Å². The van der Waals surface area contributed by atoms with Gasteiger partial charge in [0.2, 0.25) is 0 Å². The first-order valence-electron chi connectivity index (χ1n) is 6.28. The van der Waals surface area contributed by atoms with E-state index < -0.39 is 0 Å². The van der Waals surface area contributed by atoms with Crippen molar-refractivity contribution in [2.24, 2.45) is 0 Å². The number of hydrogen-bond acceptors (Lipinski definition) is 4. The molecule has 1 atom stereocenters. The highest BCUT2D eigenvalue weighted by atomic mass is 16.5. The molecule has 0 aliphatic carbocycles. The Morgan fingerprint density at radius 2 is 2.33 bits per heavy atom. The summed E-state index contributed by atoms with van der Waals surface area (Å²) in [4.78, 5) is 11.6. The summed E-state index contributed by atoms with van der Waals surface area (Å²) >= 11 is 0. The number of nitrogens with one attached hydrogen (secondary N) is 1. The van der Waals surface area contributed by atoms with Crippen molar-refractivity contribution in [3.8, 4) is 0 Å². The molecule has 1 heterocycles. The molecule has 98 valence electrons. The highest BCUT2D eigenvalue weighted by Gasteiger charge is 2.15. The van der Waals surface area contributed by atoms with Crippen molar-refractivity contribution in [2.75, 3.05) is 20.3 Å². The molecular formula is C14H19NO3. The van der Waals surface area contributed by atoms with Gasteiger partial charge in [0.25, 0.3) is 0 Å². The molecule has 0 bridgehead atoms. The normalized spacial score (nSPS) is 19.5. The van der Waals surface area contributed by atoms with Gasteiger partial charge in [-0.05, 0) is 24.5 Å². The molecule has 0 amide bonds. The number of carbonyl (C=O) groups is 1. The van der Waals surface area contributed by atoms with Gasteiger partial charge in [-0.25, -0.2) is 4.79 Å². The maximum absolute atomic E-state index is 11.6. The summed E-state index contributed by atoms with van der Waals surface area (Å²) in [5.41, 5.74) is 1.60. The number of carbonyl (C=O) groups excluding carboxylic acids is 1. The van der Waals surface area contributed by atoms with Crippen LogP contribution < -0.4 is 5.32 Å². The molecule has 0 aromatic heterocycles. The zero-order valence-corrected chi connectivity index (χ0v) is 10.6. The van der Waals surface area contributed by atoms with Crippen LogP contribution in [0.4, 0.5) is 0 Å². The van der Waals surface area contributed by atoms with E-state index in [9.17, 15) is 4.79 Å². The molecule has 1 unspecified atom stereocenters. The van der Waals surface area contributed by atoms with Crippen molar-refractivity contribution in [3.05, 3.63) is 35.4 Å². The molecule has 1 aliphatic heterocycles. The van der Waals surface area contributed by atoms with Gasteiger partial charge >= 0.3 is 5.97 Å². The lowest BCUT2D eigenvalue weighted by atomic mass is 10.1. The SMILES string of the molecule is COC(=O)c1ccccc1CNC1CCCOC1. The summed E-state index contributed by atoms with van der Waals surface area (Å²) in [7, 11) is 1.40. The third-order valence-electron chi connectivity index (χ3n) is 3.16. The predicted octanol–water partition coefficient (Wildman–Crippen LogP) is 1.74. The van der Waals surface area contributed by atoms with E-state index in [2.05, 4.69) is 5.32 Å². The molecule has 0 spiro atoms. The van der Waals surface area contributed by atoms with Gasteiger partial charge in [-0.15, -0.1) is 0 Å². The Kier molecular flexibility index (Phi) is 4.73. The van der Waals surface area contributed by atoms with Gasteiger partial charge in [-0.1, -0.05) is 18.2 Å². The summed E-state index contributed by atoms with van der Waals surface area (Å²) in [5.74, 6) is -0.285. The van der Waals surface area contributed by atoms with E-state index in [0.717, 1.165) is 31.6 Å². The molecule has 0 radical (unpaired) electrons. The fraction of sp³-hybridized carbons (Fsp3) is 0.500. The lowest BCUT2D eigenvalue weighted by molar-refractivity contribution is 0.0597. The average molecular weight is 249 g/mol. The van der Waals surface area contributed by atoms with E-state index in [1.807, 2.05) is 18.2 Å². The fourth-order valence-electron chi connectivity index (χ4n) is 2.14. The van der Waals surface area contributed by atoms with Crippen LogP contribution in [-0.2, 0) is 16.0 Å². The number of hydrogen-bond donors (Lipinski definition) is 1. The molecule has 18 heavy (non-hydrogen) atoms. The quantitative estimate of drug-likeness (QED) is 0.826. The minimum absolute atomic E-state index is 0.285. The zero-order valence-electron chi connectivity index (χ0n) is 10.6. The highest BCUT2D eigenvalue weighted by molar-refractivity contribution is 5.90. The lowest BCUT2D eigenvalue weighted by Crippen LogP contribution is -2.36. The molecule has 4 nitrogen and oxygen atoms in total. The van der Waals surface area contributed by atoms with Gasteiger partial charge < -0.3 is 14.8 Å². The minimum atomic E-state index is -0.285. The van der Waals surface area contributed by atoms with Crippen LogP contribution in [0, 0.1) is 0 Å². The molecular weight excluding hydrogens is 230 g/mol. The second-order valence-corrected chi connectivity index (χ2v) is 4.44. The van der Waals surface area contributed by atoms with Crippen LogP contribution in [0.3, 0.4) is 0 Å². The molecule has 1 aromatic carbocycles. The summed E-state index contributed by atoms with van der Waals surface area (Å²) in [5, 5.41) is 3.42. The minimum Gasteiger partial charge on any atom is -0.465 e. The van der Waals surface area contributed by atoms with Gasteiger partial charge in [0.1, 0.15) is 0 Å². The molecule has 1 N–H and O–H groups in total. The van der Waals surface area contributed by atoms with Crippen LogP contribution in [0.5, 0.6) is 0 Å². The number of benzene rings is 1. The third kappa shape index (κ3) is 3.31. The average Bonchev–Trinajstić information content (AvgIpc) is 2.45. The third-order valence-corrected chi connectivity index (χ3v) is 3.16. The molecule has 4 heteroatoms. The van der Waals surface area contributed by atoms with E-state index >= 15 is 0 Å². The van der Waals surface area contributed by atoms with Crippen LogP contribution in [0.2, 0.25) is 0 Å². The Morgan fingerprint density at radius 1 is 1.50 bits per heavy atom. The fourth-order valence-corrected chi connectivity index (χ4v) is 2.14. The number of ether oxygens (including phenoxy) is 2. The Labute approximate surface area is 107 Å². The Balaban J connectivity index is 1.97. The summed E-state index contributed by atoms with van der Waals surface area (Å²) in [6, 6.07) is 7.90. The van der Waals surface area contributed by atoms with Gasteiger partial charge in [0, 0.05) is 19.2 Å². The van der Waals surface area contributed by atoms with Crippen molar-refractivity contribution in [2.45, 2.75) is 25.4 Å². The van der Waals surface area contributed by atoms with Crippen molar-refractivity contribution >= 4 is 5.97 Å². The predicted molar refractivity (Wildman–Crippen MR) is 68.5 cm³/mol. The van der Waals surface area contributed by atoms with Gasteiger partial charge in [0.15, 0.2) is 0 Å². The first-order chi connectivity index (χ1) is 8.81. The first-order valence-corrected chi connectivity index (χ1v) is 6.28. The van der Waals surface area contributed by atoms with Crippen molar-refractivity contribution in [1.82, 2.24) is 5.32 Å².